The maximum Gasteiger partial charge on any atom is 0.435 e. The summed E-state index contributed by atoms with van der Waals surface area (Å²) in [6.07, 6.45) is -3.67. The lowest BCUT2D eigenvalue weighted by Crippen LogP contribution is -2.49. The van der Waals surface area contributed by atoms with Gasteiger partial charge in [0.1, 0.15) is 11.4 Å². The number of nitrogens with zero attached hydrogens (tertiary/aromatic N) is 3. The molecule has 8 nitrogen and oxygen atoms in total. The topological polar surface area (TPSA) is 93.7 Å². The van der Waals surface area contributed by atoms with E-state index in [4.69, 9.17) is 9.47 Å². The largest absolute Gasteiger partial charge is 0.493 e. The molecule has 2 amide bonds. The Morgan fingerprint density at radius 2 is 1.94 bits per heavy atom. The monoisotopic (exact) mass is 456 g/mol. The molecule has 1 fully saturated rings. The standard InChI is InChI=1S/C20H20F4N4O4/c1-11(29)28-7-3-4-13(10-28)25-18(30)14-9-17(20(22,23)24)26-27-19(14)32-15-6-5-12(21)8-16(15)31-2/h5-6,8-9,13H,3-4,7,10H2,1-2H3,(H,25,30)/t13-/m0/s1. The molecule has 0 bridgehead atoms. The summed E-state index contributed by atoms with van der Waals surface area (Å²) in [7, 11) is 1.25. The quantitative estimate of drug-likeness (QED) is 0.695. The lowest BCUT2D eigenvalue weighted by Gasteiger charge is -2.32. The Morgan fingerprint density at radius 3 is 2.59 bits per heavy atom. The normalized spacial score (nSPS) is 16.4. The van der Waals surface area contributed by atoms with Crippen LogP contribution in [0.25, 0.3) is 0 Å². The highest BCUT2D eigenvalue weighted by Crippen LogP contribution is 2.34. The zero-order valence-corrected chi connectivity index (χ0v) is 17.2. The van der Waals surface area contributed by atoms with Crippen LogP contribution in [0.5, 0.6) is 17.4 Å². The molecule has 0 unspecified atom stereocenters. The van der Waals surface area contributed by atoms with Crippen LogP contribution in [0.15, 0.2) is 24.3 Å². The van der Waals surface area contributed by atoms with E-state index in [1.807, 2.05) is 0 Å². The predicted octanol–water partition coefficient (Wildman–Crippen LogP) is 3.18. The summed E-state index contributed by atoms with van der Waals surface area (Å²) in [5.74, 6) is -2.31. The number of carbonyl (C=O) groups excluding carboxylic acids is 2. The van der Waals surface area contributed by atoms with Crippen molar-refractivity contribution in [2.75, 3.05) is 20.2 Å². The number of amides is 2. The SMILES string of the molecule is COc1cc(F)ccc1Oc1nnc(C(F)(F)F)cc1C(=O)N[C@H]1CCCN(C(C)=O)C1. The van der Waals surface area contributed by atoms with E-state index >= 15 is 0 Å². The van der Waals surface area contributed by atoms with Crippen molar-refractivity contribution in [3.8, 4) is 17.4 Å². The molecule has 2 aromatic rings. The molecule has 1 saturated heterocycles. The Balaban J connectivity index is 1.91. The second-order valence-electron chi connectivity index (χ2n) is 7.12. The van der Waals surface area contributed by atoms with Gasteiger partial charge in [-0.15, -0.1) is 10.2 Å². The number of rotatable bonds is 5. The Morgan fingerprint density at radius 1 is 1.19 bits per heavy atom. The van der Waals surface area contributed by atoms with Gasteiger partial charge < -0.3 is 19.7 Å². The summed E-state index contributed by atoms with van der Waals surface area (Å²) in [6.45, 7) is 2.16. The maximum absolute atomic E-state index is 13.4. The van der Waals surface area contributed by atoms with Gasteiger partial charge in [-0.05, 0) is 31.0 Å². The zero-order valence-electron chi connectivity index (χ0n) is 17.2. The molecule has 1 aromatic heterocycles. The van der Waals surface area contributed by atoms with Gasteiger partial charge in [0, 0.05) is 32.1 Å². The Kier molecular flexibility index (Phi) is 6.80. The number of piperidine rings is 1. The number of carbonyl (C=O) groups is 2. The van der Waals surface area contributed by atoms with Gasteiger partial charge in [0.2, 0.25) is 5.91 Å². The minimum atomic E-state index is -4.84. The first-order valence-electron chi connectivity index (χ1n) is 9.61. The molecule has 172 valence electrons. The van der Waals surface area contributed by atoms with Crippen molar-refractivity contribution in [1.82, 2.24) is 20.4 Å². The van der Waals surface area contributed by atoms with Crippen LogP contribution < -0.4 is 14.8 Å². The Hall–Kier alpha value is -3.44. The van der Waals surface area contributed by atoms with Gasteiger partial charge in [-0.25, -0.2) is 4.39 Å². The van der Waals surface area contributed by atoms with Crippen molar-refractivity contribution in [3.63, 3.8) is 0 Å². The van der Waals surface area contributed by atoms with E-state index in [9.17, 15) is 27.2 Å². The van der Waals surface area contributed by atoms with Crippen LogP contribution in [0.2, 0.25) is 0 Å². The van der Waals surface area contributed by atoms with Gasteiger partial charge in [-0.1, -0.05) is 0 Å². The maximum atomic E-state index is 13.4. The highest BCUT2D eigenvalue weighted by molar-refractivity contribution is 5.96. The van der Waals surface area contributed by atoms with Crippen LogP contribution in [0.1, 0.15) is 35.8 Å². The highest BCUT2D eigenvalue weighted by Gasteiger charge is 2.35. The minimum Gasteiger partial charge on any atom is -0.493 e. The smallest absolute Gasteiger partial charge is 0.435 e. The lowest BCUT2D eigenvalue weighted by molar-refractivity contribution is -0.141. The van der Waals surface area contributed by atoms with E-state index in [2.05, 4.69) is 15.5 Å². The number of hydrogen-bond acceptors (Lipinski definition) is 6. The summed E-state index contributed by atoms with van der Waals surface area (Å²) in [5, 5.41) is 9.15. The van der Waals surface area contributed by atoms with Crippen molar-refractivity contribution in [1.29, 1.82) is 0 Å². The minimum absolute atomic E-state index is 0.0533. The zero-order chi connectivity index (χ0) is 23.5. The number of ether oxygens (including phenoxy) is 2. The van der Waals surface area contributed by atoms with E-state index in [1.54, 1.807) is 4.90 Å². The molecule has 32 heavy (non-hydrogen) atoms. The third-order valence-electron chi connectivity index (χ3n) is 4.83. The highest BCUT2D eigenvalue weighted by atomic mass is 19.4. The van der Waals surface area contributed by atoms with E-state index in [1.165, 1.54) is 20.1 Å². The Bertz CT molecular complexity index is 1020. The number of likely N-dealkylation sites (tertiary alicyclic amines) is 1. The molecular weight excluding hydrogens is 436 g/mol. The molecule has 1 aliphatic heterocycles. The fraction of sp³-hybridized carbons (Fsp3) is 0.400. The molecular formula is C20H20F4N4O4. The van der Waals surface area contributed by atoms with Gasteiger partial charge >= 0.3 is 6.18 Å². The van der Waals surface area contributed by atoms with Crippen molar-refractivity contribution in [3.05, 3.63) is 41.3 Å². The predicted molar refractivity (Wildman–Crippen MR) is 103 cm³/mol. The summed E-state index contributed by atoms with van der Waals surface area (Å²) >= 11 is 0. The van der Waals surface area contributed by atoms with Crippen molar-refractivity contribution in [2.45, 2.75) is 32.0 Å². The van der Waals surface area contributed by atoms with Crippen LogP contribution in [0, 0.1) is 5.82 Å². The first-order valence-corrected chi connectivity index (χ1v) is 9.61. The van der Waals surface area contributed by atoms with Gasteiger partial charge in [0.15, 0.2) is 17.2 Å². The van der Waals surface area contributed by atoms with Gasteiger partial charge in [0.25, 0.3) is 11.8 Å². The molecule has 3 rings (SSSR count). The van der Waals surface area contributed by atoms with E-state index in [-0.39, 0.29) is 24.0 Å². The number of hydrogen-bond donors (Lipinski definition) is 1. The van der Waals surface area contributed by atoms with E-state index in [0.717, 1.165) is 12.1 Å². The molecule has 1 atom stereocenters. The third kappa shape index (κ3) is 5.42. The van der Waals surface area contributed by atoms with E-state index < -0.39 is 41.1 Å². The van der Waals surface area contributed by atoms with Crippen molar-refractivity contribution < 1.29 is 36.6 Å². The average Bonchev–Trinajstić information content (AvgIpc) is 2.74. The number of aromatic nitrogens is 2. The van der Waals surface area contributed by atoms with Crippen LogP contribution in [-0.2, 0) is 11.0 Å². The number of nitrogens with one attached hydrogen (secondary N) is 1. The number of methoxy groups -OCH3 is 1. The van der Waals surface area contributed by atoms with Crippen LogP contribution >= 0.6 is 0 Å². The molecule has 2 heterocycles. The molecule has 0 saturated carbocycles. The first kappa shape index (κ1) is 23.2. The van der Waals surface area contributed by atoms with Crippen LogP contribution in [0.3, 0.4) is 0 Å². The van der Waals surface area contributed by atoms with Crippen molar-refractivity contribution in [2.24, 2.45) is 0 Å². The van der Waals surface area contributed by atoms with Gasteiger partial charge in [-0.3, -0.25) is 9.59 Å². The van der Waals surface area contributed by atoms with Gasteiger partial charge in [0.05, 0.1) is 7.11 Å². The molecule has 1 aliphatic rings. The fourth-order valence-corrected chi connectivity index (χ4v) is 3.23. The summed E-state index contributed by atoms with van der Waals surface area (Å²) < 4.78 is 63.4. The average molecular weight is 456 g/mol. The van der Waals surface area contributed by atoms with E-state index in [0.29, 0.717) is 25.5 Å². The number of benzene rings is 1. The molecule has 0 spiro atoms. The van der Waals surface area contributed by atoms with Crippen LogP contribution in [0.4, 0.5) is 17.6 Å². The van der Waals surface area contributed by atoms with Crippen LogP contribution in [-0.4, -0.2) is 53.2 Å². The summed E-state index contributed by atoms with van der Waals surface area (Å²) in [6, 6.07) is 3.30. The van der Waals surface area contributed by atoms with Crippen molar-refractivity contribution >= 4 is 11.8 Å². The molecule has 0 aliphatic carbocycles. The van der Waals surface area contributed by atoms with Gasteiger partial charge in [-0.2, -0.15) is 13.2 Å². The summed E-state index contributed by atoms with van der Waals surface area (Å²) in [5.41, 5.74) is -1.89. The third-order valence-corrected chi connectivity index (χ3v) is 4.83. The number of alkyl halides is 3. The lowest BCUT2D eigenvalue weighted by atomic mass is 10.1. The molecule has 12 heteroatoms. The summed E-state index contributed by atoms with van der Waals surface area (Å²) in [4.78, 5) is 26.0. The molecule has 1 aromatic carbocycles. The second kappa shape index (κ2) is 9.37. The first-order chi connectivity index (χ1) is 15.1. The fourth-order valence-electron chi connectivity index (χ4n) is 3.23. The molecule has 0 radical (unpaired) electrons. The number of halogens is 4. The Labute approximate surface area is 180 Å². The molecule has 1 N–H and O–H groups in total. The second-order valence-corrected chi connectivity index (χ2v) is 7.12.